The fourth-order valence-corrected chi connectivity index (χ4v) is 2.29. The van der Waals surface area contributed by atoms with E-state index in [0.29, 0.717) is 25.9 Å². The molecule has 96 valence electrons. The molecule has 4 heteroatoms. The molecule has 1 aromatic carbocycles. The summed E-state index contributed by atoms with van der Waals surface area (Å²) in [5.41, 5.74) is 0.141. The fraction of sp³-hybridized carbons (Fsp3) is 0.429. The predicted molar refractivity (Wildman–Crippen MR) is 66.9 cm³/mol. The highest BCUT2D eigenvalue weighted by Gasteiger charge is 2.45. The van der Waals surface area contributed by atoms with Gasteiger partial charge in [-0.1, -0.05) is 30.3 Å². The summed E-state index contributed by atoms with van der Waals surface area (Å²) in [4.78, 5) is 23.5. The molecule has 4 nitrogen and oxygen atoms in total. The molecule has 0 spiro atoms. The standard InChI is InChI=1S/C14H17NO3/c1-2-18-13(17)14(9-8-12(16)15-14)10-11-6-4-3-5-7-11/h3-7H,2,8-10H2,1H3,(H,15,16). The van der Waals surface area contributed by atoms with E-state index in [4.69, 9.17) is 4.74 Å². The third kappa shape index (κ3) is 2.53. The van der Waals surface area contributed by atoms with Crippen LogP contribution >= 0.6 is 0 Å². The molecule has 1 saturated heterocycles. The molecular weight excluding hydrogens is 230 g/mol. The van der Waals surface area contributed by atoms with Gasteiger partial charge < -0.3 is 10.1 Å². The number of benzene rings is 1. The molecule has 0 aromatic heterocycles. The zero-order chi connectivity index (χ0) is 13.0. The molecule has 0 bridgehead atoms. The molecule has 1 N–H and O–H groups in total. The van der Waals surface area contributed by atoms with Crippen LogP contribution in [-0.4, -0.2) is 24.0 Å². The number of hydrogen-bond donors (Lipinski definition) is 1. The molecule has 1 aromatic rings. The first-order chi connectivity index (χ1) is 8.66. The number of carbonyl (C=O) groups excluding carboxylic acids is 2. The van der Waals surface area contributed by atoms with Gasteiger partial charge in [-0.25, -0.2) is 4.79 Å². The Morgan fingerprint density at radius 1 is 1.39 bits per heavy atom. The van der Waals surface area contributed by atoms with E-state index in [1.807, 2.05) is 30.3 Å². The zero-order valence-electron chi connectivity index (χ0n) is 10.4. The van der Waals surface area contributed by atoms with Crippen molar-refractivity contribution in [2.24, 2.45) is 0 Å². The van der Waals surface area contributed by atoms with Crippen LogP contribution in [0.15, 0.2) is 30.3 Å². The van der Waals surface area contributed by atoms with E-state index >= 15 is 0 Å². The summed E-state index contributed by atoms with van der Waals surface area (Å²) >= 11 is 0. The van der Waals surface area contributed by atoms with Gasteiger partial charge in [-0.05, 0) is 18.9 Å². The summed E-state index contributed by atoms with van der Waals surface area (Å²) in [5, 5.41) is 2.79. The van der Waals surface area contributed by atoms with E-state index in [9.17, 15) is 9.59 Å². The van der Waals surface area contributed by atoms with Crippen LogP contribution in [0.1, 0.15) is 25.3 Å². The first-order valence-corrected chi connectivity index (χ1v) is 6.18. The average Bonchev–Trinajstić information content (AvgIpc) is 2.74. The van der Waals surface area contributed by atoms with Crippen LogP contribution in [0.2, 0.25) is 0 Å². The summed E-state index contributed by atoms with van der Waals surface area (Å²) in [6.45, 7) is 2.09. The van der Waals surface area contributed by atoms with Crippen LogP contribution in [-0.2, 0) is 20.7 Å². The van der Waals surface area contributed by atoms with Crippen molar-refractivity contribution < 1.29 is 14.3 Å². The maximum Gasteiger partial charge on any atom is 0.332 e. The SMILES string of the molecule is CCOC(=O)C1(Cc2ccccc2)CCC(=O)N1. The Balaban J connectivity index is 2.21. The first-order valence-electron chi connectivity index (χ1n) is 6.18. The number of esters is 1. The molecule has 1 fully saturated rings. The molecule has 0 saturated carbocycles. The summed E-state index contributed by atoms with van der Waals surface area (Å²) < 4.78 is 5.10. The van der Waals surface area contributed by atoms with Crippen molar-refractivity contribution in [3.63, 3.8) is 0 Å². The molecular formula is C14H17NO3. The largest absolute Gasteiger partial charge is 0.464 e. The Morgan fingerprint density at radius 3 is 2.67 bits per heavy atom. The van der Waals surface area contributed by atoms with Crippen LogP contribution in [0.3, 0.4) is 0 Å². The molecule has 1 unspecified atom stereocenters. The van der Waals surface area contributed by atoms with E-state index in [0.717, 1.165) is 5.56 Å². The number of nitrogens with one attached hydrogen (secondary N) is 1. The number of carbonyl (C=O) groups is 2. The van der Waals surface area contributed by atoms with Gasteiger partial charge in [0.25, 0.3) is 0 Å². The second-order valence-corrected chi connectivity index (χ2v) is 4.51. The minimum absolute atomic E-state index is 0.0843. The number of hydrogen-bond acceptors (Lipinski definition) is 3. The minimum atomic E-state index is -0.881. The van der Waals surface area contributed by atoms with Crippen LogP contribution < -0.4 is 5.32 Å². The molecule has 0 radical (unpaired) electrons. The van der Waals surface area contributed by atoms with Gasteiger partial charge in [0.2, 0.25) is 5.91 Å². The number of ether oxygens (including phenoxy) is 1. The van der Waals surface area contributed by atoms with Gasteiger partial charge in [-0.3, -0.25) is 4.79 Å². The van der Waals surface area contributed by atoms with Crippen LogP contribution in [0.25, 0.3) is 0 Å². The summed E-state index contributed by atoms with van der Waals surface area (Å²) in [6.07, 6.45) is 1.36. The topological polar surface area (TPSA) is 55.4 Å². The van der Waals surface area contributed by atoms with Gasteiger partial charge in [0.05, 0.1) is 6.61 Å². The lowest BCUT2D eigenvalue weighted by atomic mass is 9.89. The van der Waals surface area contributed by atoms with Gasteiger partial charge in [0, 0.05) is 12.8 Å². The lowest BCUT2D eigenvalue weighted by Crippen LogP contribution is -2.51. The van der Waals surface area contributed by atoms with E-state index in [1.54, 1.807) is 6.92 Å². The van der Waals surface area contributed by atoms with Gasteiger partial charge in [0.15, 0.2) is 0 Å². The van der Waals surface area contributed by atoms with Crippen LogP contribution in [0, 0.1) is 0 Å². The Morgan fingerprint density at radius 2 is 2.11 bits per heavy atom. The third-order valence-corrected chi connectivity index (χ3v) is 3.17. The van der Waals surface area contributed by atoms with E-state index in [1.165, 1.54) is 0 Å². The van der Waals surface area contributed by atoms with Crippen molar-refractivity contribution >= 4 is 11.9 Å². The minimum Gasteiger partial charge on any atom is -0.464 e. The highest BCUT2D eigenvalue weighted by molar-refractivity contribution is 5.92. The molecule has 1 amide bonds. The summed E-state index contributed by atoms with van der Waals surface area (Å²) in [7, 11) is 0. The highest BCUT2D eigenvalue weighted by atomic mass is 16.5. The second-order valence-electron chi connectivity index (χ2n) is 4.51. The highest BCUT2D eigenvalue weighted by Crippen LogP contribution is 2.26. The lowest BCUT2D eigenvalue weighted by Gasteiger charge is -2.26. The molecule has 2 rings (SSSR count). The predicted octanol–water partition coefficient (Wildman–Crippen LogP) is 1.44. The zero-order valence-corrected chi connectivity index (χ0v) is 10.4. The average molecular weight is 247 g/mol. The fourth-order valence-electron chi connectivity index (χ4n) is 2.29. The van der Waals surface area contributed by atoms with E-state index < -0.39 is 5.54 Å². The smallest absolute Gasteiger partial charge is 0.332 e. The quantitative estimate of drug-likeness (QED) is 0.819. The lowest BCUT2D eigenvalue weighted by molar-refractivity contribution is -0.151. The van der Waals surface area contributed by atoms with Crippen LogP contribution in [0.4, 0.5) is 0 Å². The molecule has 1 heterocycles. The Labute approximate surface area is 106 Å². The van der Waals surface area contributed by atoms with Gasteiger partial charge in [-0.2, -0.15) is 0 Å². The van der Waals surface area contributed by atoms with Gasteiger partial charge >= 0.3 is 5.97 Å². The second kappa shape index (κ2) is 5.21. The van der Waals surface area contributed by atoms with Gasteiger partial charge in [0.1, 0.15) is 5.54 Å². The molecule has 18 heavy (non-hydrogen) atoms. The normalized spacial score (nSPS) is 22.6. The van der Waals surface area contributed by atoms with Crippen molar-refractivity contribution in [3.05, 3.63) is 35.9 Å². The van der Waals surface area contributed by atoms with Crippen LogP contribution in [0.5, 0.6) is 0 Å². The molecule has 0 aliphatic carbocycles. The summed E-state index contributed by atoms with van der Waals surface area (Å²) in [6, 6.07) is 9.67. The number of amides is 1. The van der Waals surface area contributed by atoms with Crippen molar-refractivity contribution in [3.8, 4) is 0 Å². The maximum atomic E-state index is 12.1. The Hall–Kier alpha value is -1.84. The Bertz CT molecular complexity index is 444. The first kappa shape index (κ1) is 12.6. The van der Waals surface area contributed by atoms with Crippen molar-refractivity contribution in [2.75, 3.05) is 6.61 Å². The third-order valence-electron chi connectivity index (χ3n) is 3.17. The van der Waals surface area contributed by atoms with Crippen molar-refractivity contribution in [1.82, 2.24) is 5.32 Å². The maximum absolute atomic E-state index is 12.1. The number of rotatable bonds is 4. The van der Waals surface area contributed by atoms with Crippen molar-refractivity contribution in [1.29, 1.82) is 0 Å². The Kier molecular flexibility index (Phi) is 3.65. The molecule has 1 aliphatic rings. The van der Waals surface area contributed by atoms with Crippen molar-refractivity contribution in [2.45, 2.75) is 31.7 Å². The van der Waals surface area contributed by atoms with E-state index in [-0.39, 0.29) is 11.9 Å². The van der Waals surface area contributed by atoms with Gasteiger partial charge in [-0.15, -0.1) is 0 Å². The summed E-state index contributed by atoms with van der Waals surface area (Å²) in [5.74, 6) is -0.418. The molecule has 1 atom stereocenters. The van der Waals surface area contributed by atoms with E-state index in [2.05, 4.69) is 5.32 Å². The monoisotopic (exact) mass is 247 g/mol. The molecule has 1 aliphatic heterocycles.